The molecule has 1 N–H and O–H groups in total. The number of hydrogen-bond donors (Lipinski definition) is 1. The number of aromatic nitrogens is 2. The first-order chi connectivity index (χ1) is 23.9. The van der Waals surface area contributed by atoms with E-state index in [-0.39, 0.29) is 18.5 Å². The maximum atomic E-state index is 14.0. The Hall–Kier alpha value is -4.56. The Labute approximate surface area is 287 Å². The van der Waals surface area contributed by atoms with Crippen molar-refractivity contribution in [2.24, 2.45) is 0 Å². The fourth-order valence-electron chi connectivity index (χ4n) is 7.82. The molecule has 9 nitrogen and oxygen atoms in total. The van der Waals surface area contributed by atoms with Crippen molar-refractivity contribution in [1.29, 1.82) is 5.26 Å². The first-order valence-electron chi connectivity index (χ1n) is 17.3. The van der Waals surface area contributed by atoms with Gasteiger partial charge >= 0.3 is 6.01 Å². The standard InChI is InChI=1S/C39H44FN7O2/c1-27-9-6-12-30-13-7-15-35(36(27)30)45-20-17-33-34(25-45)42-39(49-26-32-14-8-19-44(32)23-29-10-4-3-5-11-29)43-37(33)46-21-22-47(38(48)28(2)40)31(24-46)16-18-41/h3-7,9-13,15,31-32,38,48H,2,8,14,16-17,19-26H2,1H3/t31-,32-,38?/m0/s1. The molecule has 3 aliphatic rings. The molecule has 3 aromatic carbocycles. The van der Waals surface area contributed by atoms with Crippen molar-refractivity contribution in [3.8, 4) is 12.1 Å². The Morgan fingerprint density at radius 3 is 2.63 bits per heavy atom. The molecule has 0 spiro atoms. The van der Waals surface area contributed by atoms with Gasteiger partial charge in [-0.05, 0) is 55.3 Å². The van der Waals surface area contributed by atoms with Gasteiger partial charge in [-0.2, -0.15) is 15.2 Å². The van der Waals surface area contributed by atoms with Gasteiger partial charge in [-0.1, -0.05) is 67.2 Å². The van der Waals surface area contributed by atoms with Crippen molar-refractivity contribution in [2.45, 2.75) is 64.0 Å². The molecule has 4 heterocycles. The minimum absolute atomic E-state index is 0.143. The third-order valence-corrected chi connectivity index (χ3v) is 10.3. The van der Waals surface area contributed by atoms with Gasteiger partial charge in [0, 0.05) is 61.4 Å². The first kappa shape index (κ1) is 33.0. The fraction of sp³-hybridized carbons (Fsp3) is 0.410. The van der Waals surface area contributed by atoms with E-state index in [0.29, 0.717) is 38.8 Å². The number of rotatable bonds is 10. The van der Waals surface area contributed by atoms with Crippen LogP contribution < -0.4 is 14.5 Å². The van der Waals surface area contributed by atoms with Gasteiger partial charge in [-0.15, -0.1) is 0 Å². The molecule has 7 rings (SSSR count). The van der Waals surface area contributed by atoms with Crippen LogP contribution in [0.25, 0.3) is 10.8 Å². The van der Waals surface area contributed by atoms with Crippen LogP contribution in [0.15, 0.2) is 79.1 Å². The van der Waals surface area contributed by atoms with Crippen LogP contribution in [-0.4, -0.2) is 82.5 Å². The minimum Gasteiger partial charge on any atom is -0.462 e. The fourth-order valence-corrected chi connectivity index (χ4v) is 7.82. The number of benzene rings is 3. The zero-order chi connectivity index (χ0) is 33.9. The molecule has 1 aromatic heterocycles. The highest BCUT2D eigenvalue weighted by Crippen LogP contribution is 2.36. The Kier molecular flexibility index (Phi) is 9.76. The summed E-state index contributed by atoms with van der Waals surface area (Å²) in [6.45, 7) is 10.6. The first-order valence-corrected chi connectivity index (χ1v) is 17.3. The number of piperazine rings is 1. The highest BCUT2D eigenvalue weighted by Gasteiger charge is 2.36. The van der Waals surface area contributed by atoms with Gasteiger partial charge in [-0.25, -0.2) is 4.39 Å². The molecule has 4 aromatic rings. The van der Waals surface area contributed by atoms with Crippen LogP contribution in [0, 0.1) is 18.3 Å². The van der Waals surface area contributed by atoms with E-state index in [0.717, 1.165) is 56.0 Å². The average molecular weight is 662 g/mol. The molecule has 0 radical (unpaired) electrons. The van der Waals surface area contributed by atoms with Crippen LogP contribution in [0.3, 0.4) is 0 Å². The summed E-state index contributed by atoms with van der Waals surface area (Å²) in [5.41, 5.74) is 5.72. The maximum Gasteiger partial charge on any atom is 0.318 e. The van der Waals surface area contributed by atoms with E-state index in [1.54, 1.807) is 4.90 Å². The predicted molar refractivity (Wildman–Crippen MR) is 190 cm³/mol. The van der Waals surface area contributed by atoms with Gasteiger partial charge in [0.05, 0.1) is 24.7 Å². The van der Waals surface area contributed by atoms with Gasteiger partial charge in [0.1, 0.15) is 18.3 Å². The summed E-state index contributed by atoms with van der Waals surface area (Å²) in [6.07, 6.45) is 1.62. The van der Waals surface area contributed by atoms with E-state index < -0.39 is 12.1 Å². The summed E-state index contributed by atoms with van der Waals surface area (Å²) < 4.78 is 20.5. The third kappa shape index (κ3) is 6.97. The normalized spacial score (nSPS) is 20.6. The SMILES string of the molecule is C=C(F)C(O)N1CCN(c2nc(OC[C@@H]3CCCN3Cc3ccccc3)nc3c2CCN(c2cccc4cccc(C)c24)C3)C[C@@H]1CC#N. The second kappa shape index (κ2) is 14.5. The molecule has 254 valence electrons. The molecule has 0 saturated carbocycles. The van der Waals surface area contributed by atoms with E-state index in [2.05, 4.69) is 94.9 Å². The number of ether oxygens (including phenoxy) is 1. The second-order valence-electron chi connectivity index (χ2n) is 13.5. The Balaban J connectivity index is 1.19. The van der Waals surface area contributed by atoms with Crippen LogP contribution in [0.4, 0.5) is 15.9 Å². The van der Waals surface area contributed by atoms with Crippen molar-refractivity contribution in [1.82, 2.24) is 19.8 Å². The smallest absolute Gasteiger partial charge is 0.318 e. The molecule has 2 fully saturated rings. The van der Waals surface area contributed by atoms with Crippen LogP contribution in [0.1, 0.15) is 41.6 Å². The number of nitrogens with zero attached hydrogens (tertiary/aromatic N) is 7. The highest BCUT2D eigenvalue weighted by molar-refractivity contribution is 5.97. The second-order valence-corrected chi connectivity index (χ2v) is 13.5. The number of nitriles is 1. The summed E-state index contributed by atoms with van der Waals surface area (Å²) in [6, 6.07) is 25.9. The van der Waals surface area contributed by atoms with E-state index >= 15 is 0 Å². The van der Waals surface area contributed by atoms with Gasteiger partial charge in [0.15, 0.2) is 6.23 Å². The van der Waals surface area contributed by atoms with Gasteiger partial charge in [0.25, 0.3) is 0 Å². The molecular weight excluding hydrogens is 617 g/mol. The lowest BCUT2D eigenvalue weighted by atomic mass is 9.99. The largest absolute Gasteiger partial charge is 0.462 e. The Bertz CT molecular complexity index is 1840. The Morgan fingerprint density at radius 1 is 1.02 bits per heavy atom. The molecule has 10 heteroatoms. The van der Waals surface area contributed by atoms with Crippen LogP contribution >= 0.6 is 0 Å². The van der Waals surface area contributed by atoms with Gasteiger partial charge in [0.2, 0.25) is 0 Å². The quantitative estimate of drug-likeness (QED) is 0.228. The van der Waals surface area contributed by atoms with Crippen molar-refractivity contribution < 1.29 is 14.2 Å². The lowest BCUT2D eigenvalue weighted by Gasteiger charge is -2.43. The molecular formula is C39H44FN7O2. The van der Waals surface area contributed by atoms with Crippen molar-refractivity contribution in [2.75, 3.05) is 49.1 Å². The number of anilines is 2. The van der Waals surface area contributed by atoms with Crippen LogP contribution in [0.5, 0.6) is 6.01 Å². The number of halogens is 1. The summed E-state index contributed by atoms with van der Waals surface area (Å²) in [5.74, 6) is -0.0130. The monoisotopic (exact) mass is 661 g/mol. The van der Waals surface area contributed by atoms with E-state index in [1.807, 2.05) is 6.07 Å². The zero-order valence-corrected chi connectivity index (χ0v) is 28.1. The molecule has 0 aliphatic carbocycles. The number of aliphatic hydroxyl groups excluding tert-OH is 1. The molecule has 3 aliphatic heterocycles. The molecule has 0 amide bonds. The molecule has 49 heavy (non-hydrogen) atoms. The molecule has 3 atom stereocenters. The topological polar surface area (TPSA) is 92.0 Å². The lowest BCUT2D eigenvalue weighted by Crippen LogP contribution is -2.57. The minimum atomic E-state index is -1.44. The van der Waals surface area contributed by atoms with Crippen molar-refractivity contribution in [3.05, 3.63) is 102 Å². The lowest BCUT2D eigenvalue weighted by molar-refractivity contribution is -0.0167. The number of fused-ring (bicyclic) bond motifs is 2. The molecule has 1 unspecified atom stereocenters. The van der Waals surface area contributed by atoms with Crippen LogP contribution in [0.2, 0.25) is 0 Å². The number of likely N-dealkylation sites (tertiary alicyclic amines) is 1. The zero-order valence-electron chi connectivity index (χ0n) is 28.1. The van der Waals surface area contributed by atoms with Crippen molar-refractivity contribution >= 4 is 22.3 Å². The third-order valence-electron chi connectivity index (χ3n) is 10.3. The van der Waals surface area contributed by atoms with E-state index in [4.69, 9.17) is 14.7 Å². The van der Waals surface area contributed by atoms with E-state index in [9.17, 15) is 14.8 Å². The maximum absolute atomic E-state index is 14.0. The average Bonchev–Trinajstić information content (AvgIpc) is 3.56. The van der Waals surface area contributed by atoms with Gasteiger partial charge < -0.3 is 19.6 Å². The summed E-state index contributed by atoms with van der Waals surface area (Å²) in [4.78, 5) is 18.8. The Morgan fingerprint density at radius 2 is 1.84 bits per heavy atom. The number of hydrogen-bond acceptors (Lipinski definition) is 9. The highest BCUT2D eigenvalue weighted by atomic mass is 19.1. The number of aliphatic hydroxyl groups is 1. The van der Waals surface area contributed by atoms with E-state index in [1.165, 1.54) is 27.6 Å². The summed E-state index contributed by atoms with van der Waals surface area (Å²) >= 11 is 0. The van der Waals surface area contributed by atoms with Crippen molar-refractivity contribution in [3.63, 3.8) is 0 Å². The summed E-state index contributed by atoms with van der Waals surface area (Å²) in [7, 11) is 0. The molecule has 2 saturated heterocycles. The predicted octanol–water partition coefficient (Wildman–Crippen LogP) is 5.75. The number of aryl methyl sites for hydroxylation is 1. The van der Waals surface area contributed by atoms with Crippen LogP contribution in [-0.2, 0) is 19.5 Å². The summed E-state index contributed by atoms with van der Waals surface area (Å²) in [5, 5.41) is 22.6. The van der Waals surface area contributed by atoms with Gasteiger partial charge in [-0.3, -0.25) is 9.80 Å². The molecule has 0 bridgehead atoms.